The lowest BCUT2D eigenvalue weighted by Crippen LogP contribution is -2.47. The Morgan fingerprint density at radius 1 is 1.00 bits per heavy atom. The van der Waals surface area contributed by atoms with Gasteiger partial charge in [-0.05, 0) is 18.1 Å². The molecule has 0 aliphatic carbocycles. The van der Waals surface area contributed by atoms with Gasteiger partial charge in [0.1, 0.15) is 0 Å². The third-order valence-electron chi connectivity index (χ3n) is 4.39. The normalized spacial score (nSPS) is 24.9. The van der Waals surface area contributed by atoms with Gasteiger partial charge in [-0.2, -0.15) is 5.10 Å². The van der Waals surface area contributed by atoms with Gasteiger partial charge < -0.3 is 4.90 Å². The van der Waals surface area contributed by atoms with Crippen molar-refractivity contribution >= 4 is 5.82 Å². The summed E-state index contributed by atoms with van der Waals surface area (Å²) in [5.74, 6) is 1.03. The maximum atomic E-state index is 4.36. The number of benzene rings is 1. The Balaban J connectivity index is 1.66. The predicted molar refractivity (Wildman–Crippen MR) is 79.7 cm³/mol. The number of aromatic nitrogens is 2. The number of rotatable bonds is 2. The monoisotopic (exact) mass is 266 g/mol. The fourth-order valence-electron chi connectivity index (χ4n) is 3.29. The van der Waals surface area contributed by atoms with E-state index in [0.717, 1.165) is 24.5 Å². The number of fused-ring (bicyclic) bond motifs is 2. The van der Waals surface area contributed by atoms with Gasteiger partial charge >= 0.3 is 0 Å². The van der Waals surface area contributed by atoms with Crippen molar-refractivity contribution in [2.24, 2.45) is 0 Å². The summed E-state index contributed by atoms with van der Waals surface area (Å²) in [7, 11) is 0. The topological polar surface area (TPSA) is 32.3 Å². The van der Waals surface area contributed by atoms with Crippen molar-refractivity contribution < 1.29 is 0 Å². The maximum absolute atomic E-state index is 4.36. The summed E-state index contributed by atoms with van der Waals surface area (Å²) in [6, 6.07) is 13.2. The minimum atomic E-state index is 0.615. The van der Waals surface area contributed by atoms with E-state index < -0.39 is 0 Å². The summed E-state index contributed by atoms with van der Waals surface area (Å²) in [6.07, 6.45) is 3.10. The summed E-state index contributed by atoms with van der Waals surface area (Å²) in [6.45, 7) is 4.62. The molecule has 1 aromatic heterocycles. The Labute approximate surface area is 119 Å². The van der Waals surface area contributed by atoms with Gasteiger partial charge in [0.05, 0.1) is 6.20 Å². The van der Waals surface area contributed by atoms with Gasteiger partial charge in [-0.15, -0.1) is 5.10 Å². The van der Waals surface area contributed by atoms with Crippen molar-refractivity contribution in [3.63, 3.8) is 0 Å². The number of hydrogen-bond acceptors (Lipinski definition) is 4. The lowest BCUT2D eigenvalue weighted by atomic mass is 10.1. The van der Waals surface area contributed by atoms with E-state index in [1.165, 1.54) is 25.1 Å². The zero-order chi connectivity index (χ0) is 13.4. The van der Waals surface area contributed by atoms with Crippen LogP contribution in [0.25, 0.3) is 11.1 Å². The molecule has 2 unspecified atom stereocenters. The molecule has 3 heterocycles. The quantitative estimate of drug-likeness (QED) is 0.832. The van der Waals surface area contributed by atoms with Gasteiger partial charge in [-0.25, -0.2) is 0 Å². The molecule has 20 heavy (non-hydrogen) atoms. The second kappa shape index (κ2) is 4.87. The Morgan fingerprint density at radius 2 is 1.90 bits per heavy atom. The molecule has 102 valence electrons. The molecule has 0 amide bonds. The predicted octanol–water partition coefficient (Wildman–Crippen LogP) is 2.04. The highest BCUT2D eigenvalue weighted by Gasteiger charge is 2.33. The Hall–Kier alpha value is -1.94. The Kier molecular flexibility index (Phi) is 2.89. The molecule has 2 aliphatic heterocycles. The smallest absolute Gasteiger partial charge is 0.152 e. The van der Waals surface area contributed by atoms with E-state index in [9.17, 15) is 0 Å². The van der Waals surface area contributed by atoms with E-state index in [1.807, 2.05) is 12.3 Å². The van der Waals surface area contributed by atoms with E-state index in [1.54, 1.807) is 0 Å². The molecule has 4 heteroatoms. The first-order valence-electron chi connectivity index (χ1n) is 7.27. The molecule has 2 aliphatic rings. The number of piperazine rings is 1. The van der Waals surface area contributed by atoms with Crippen LogP contribution in [-0.4, -0.2) is 47.3 Å². The molecule has 4 nitrogen and oxygen atoms in total. The van der Waals surface area contributed by atoms with Crippen molar-refractivity contribution in [3.05, 3.63) is 42.6 Å². The van der Waals surface area contributed by atoms with Gasteiger partial charge in [0, 0.05) is 37.8 Å². The zero-order valence-electron chi connectivity index (χ0n) is 11.4. The van der Waals surface area contributed by atoms with Crippen molar-refractivity contribution in [1.82, 2.24) is 15.1 Å². The SMILES string of the molecule is c1ccc(-c2cnnc(N3CCN4CCC3C4)c2)cc1. The molecule has 2 fully saturated rings. The van der Waals surface area contributed by atoms with Gasteiger partial charge in [-0.3, -0.25) is 4.90 Å². The van der Waals surface area contributed by atoms with Crippen molar-refractivity contribution in [2.45, 2.75) is 12.5 Å². The second-order valence-corrected chi connectivity index (χ2v) is 5.60. The molecular weight excluding hydrogens is 248 g/mol. The van der Waals surface area contributed by atoms with Crippen LogP contribution < -0.4 is 4.90 Å². The van der Waals surface area contributed by atoms with Crippen LogP contribution in [0.5, 0.6) is 0 Å². The van der Waals surface area contributed by atoms with Crippen LogP contribution in [0.4, 0.5) is 5.82 Å². The lowest BCUT2D eigenvalue weighted by Gasteiger charge is -2.35. The van der Waals surface area contributed by atoms with Crippen LogP contribution in [0.15, 0.2) is 42.6 Å². The highest BCUT2D eigenvalue weighted by atomic mass is 15.4. The Bertz CT molecular complexity index is 598. The van der Waals surface area contributed by atoms with Crippen LogP contribution in [0.3, 0.4) is 0 Å². The van der Waals surface area contributed by atoms with E-state index in [2.05, 4.69) is 50.3 Å². The molecule has 2 bridgehead atoms. The minimum absolute atomic E-state index is 0.615. The zero-order valence-corrected chi connectivity index (χ0v) is 11.4. The minimum Gasteiger partial charge on any atom is -0.350 e. The van der Waals surface area contributed by atoms with Crippen molar-refractivity contribution in [2.75, 3.05) is 31.1 Å². The first kappa shape index (κ1) is 11.9. The van der Waals surface area contributed by atoms with E-state index >= 15 is 0 Å². The number of anilines is 1. The molecule has 4 rings (SSSR count). The van der Waals surface area contributed by atoms with Crippen LogP contribution in [0.2, 0.25) is 0 Å². The highest BCUT2D eigenvalue weighted by molar-refractivity contribution is 5.65. The molecule has 2 saturated heterocycles. The van der Waals surface area contributed by atoms with Crippen molar-refractivity contribution in [1.29, 1.82) is 0 Å². The third kappa shape index (κ3) is 2.06. The molecule has 2 aromatic rings. The molecule has 0 radical (unpaired) electrons. The van der Waals surface area contributed by atoms with Gasteiger partial charge in [-0.1, -0.05) is 30.3 Å². The molecular formula is C16H18N4. The van der Waals surface area contributed by atoms with Crippen molar-refractivity contribution in [3.8, 4) is 11.1 Å². The molecule has 0 spiro atoms. The van der Waals surface area contributed by atoms with Crippen LogP contribution >= 0.6 is 0 Å². The Morgan fingerprint density at radius 3 is 2.80 bits per heavy atom. The largest absolute Gasteiger partial charge is 0.350 e. The van der Waals surface area contributed by atoms with Gasteiger partial charge in [0.25, 0.3) is 0 Å². The summed E-state index contributed by atoms with van der Waals surface area (Å²) in [5.41, 5.74) is 2.35. The van der Waals surface area contributed by atoms with Crippen LogP contribution in [-0.2, 0) is 0 Å². The standard InChI is InChI=1S/C16H18N4/c1-2-4-13(5-3-1)14-10-16(18-17-11-14)20-9-8-19-7-6-15(20)12-19/h1-5,10-11,15H,6-9,12H2. The first-order chi connectivity index (χ1) is 9.90. The second-order valence-electron chi connectivity index (χ2n) is 5.60. The van der Waals surface area contributed by atoms with Crippen LogP contribution in [0.1, 0.15) is 6.42 Å². The summed E-state index contributed by atoms with van der Waals surface area (Å²) in [5, 5.41) is 8.58. The summed E-state index contributed by atoms with van der Waals surface area (Å²) in [4.78, 5) is 4.97. The highest BCUT2D eigenvalue weighted by Crippen LogP contribution is 2.27. The first-order valence-corrected chi connectivity index (χ1v) is 7.27. The molecule has 0 saturated carbocycles. The number of hydrogen-bond donors (Lipinski definition) is 0. The fraction of sp³-hybridized carbons (Fsp3) is 0.375. The molecule has 0 N–H and O–H groups in total. The van der Waals surface area contributed by atoms with Crippen LogP contribution in [0, 0.1) is 0 Å². The molecule has 1 aromatic carbocycles. The summed E-state index contributed by atoms with van der Waals surface area (Å²) < 4.78 is 0. The van der Waals surface area contributed by atoms with E-state index in [4.69, 9.17) is 0 Å². The average molecular weight is 266 g/mol. The summed E-state index contributed by atoms with van der Waals surface area (Å²) >= 11 is 0. The third-order valence-corrected chi connectivity index (χ3v) is 4.39. The average Bonchev–Trinajstić information content (AvgIpc) is 2.90. The van der Waals surface area contributed by atoms with Gasteiger partial charge in [0.15, 0.2) is 5.82 Å². The fourth-order valence-corrected chi connectivity index (χ4v) is 3.29. The maximum Gasteiger partial charge on any atom is 0.152 e. The van der Waals surface area contributed by atoms with E-state index in [0.29, 0.717) is 6.04 Å². The van der Waals surface area contributed by atoms with E-state index in [-0.39, 0.29) is 0 Å². The lowest BCUT2D eigenvalue weighted by molar-refractivity contribution is 0.310. The molecule has 2 atom stereocenters. The number of nitrogens with zero attached hydrogens (tertiary/aromatic N) is 4. The van der Waals surface area contributed by atoms with Gasteiger partial charge in [0.2, 0.25) is 0 Å².